The topological polar surface area (TPSA) is 93.4 Å². The van der Waals surface area contributed by atoms with Gasteiger partial charge < -0.3 is 27.8 Å². The SMILES string of the molecule is C=C(C)[C@@H]1/C=C/[C@H]2C(=O)O[C@@H](C[C@@]3(C)OC(C)(C)O[C@H]3c3cc(C(=O)OCC)c(o3)C1)[C@@H]2O[Si](C)(C)C(C)(C)C. The van der Waals surface area contributed by atoms with Crippen LogP contribution in [0.25, 0.3) is 0 Å². The molecule has 3 aliphatic heterocycles. The van der Waals surface area contributed by atoms with E-state index < -0.39 is 49.9 Å². The van der Waals surface area contributed by atoms with Crippen molar-refractivity contribution < 1.29 is 37.4 Å². The molecular formula is C31H46O8Si. The quantitative estimate of drug-likeness (QED) is 0.219. The van der Waals surface area contributed by atoms with Crippen LogP contribution in [0.1, 0.15) is 89.8 Å². The minimum atomic E-state index is -2.28. The third kappa shape index (κ3) is 5.89. The molecule has 0 amide bonds. The van der Waals surface area contributed by atoms with E-state index in [1.807, 2.05) is 39.8 Å². The molecule has 1 aromatic heterocycles. The van der Waals surface area contributed by atoms with Gasteiger partial charge in [0, 0.05) is 18.8 Å². The van der Waals surface area contributed by atoms with E-state index in [0.717, 1.165) is 5.57 Å². The zero-order valence-electron chi connectivity index (χ0n) is 25.7. The molecule has 1 aromatic rings. The number of fused-ring (bicyclic) bond motifs is 6. The summed E-state index contributed by atoms with van der Waals surface area (Å²) in [5.74, 6) is -1.53. The average molecular weight is 575 g/mol. The van der Waals surface area contributed by atoms with Gasteiger partial charge in [-0.25, -0.2) is 4.79 Å². The van der Waals surface area contributed by atoms with Crippen molar-refractivity contribution in [3.63, 3.8) is 0 Å². The van der Waals surface area contributed by atoms with Crippen molar-refractivity contribution in [3.05, 3.63) is 47.5 Å². The van der Waals surface area contributed by atoms with Gasteiger partial charge in [0.15, 0.2) is 14.1 Å². The van der Waals surface area contributed by atoms with E-state index in [-0.39, 0.29) is 23.5 Å². The Bertz CT molecular complexity index is 1190. The second-order valence-electron chi connectivity index (χ2n) is 13.6. The Morgan fingerprint density at radius 3 is 2.48 bits per heavy atom. The molecule has 6 atom stereocenters. The van der Waals surface area contributed by atoms with Gasteiger partial charge in [-0.2, -0.15) is 0 Å². The van der Waals surface area contributed by atoms with Crippen molar-refractivity contribution in [1.29, 1.82) is 0 Å². The normalized spacial score (nSPS) is 32.8. The molecule has 2 saturated heterocycles. The Kier molecular flexibility index (Phi) is 8.12. The zero-order chi connectivity index (χ0) is 29.8. The first-order valence-electron chi connectivity index (χ1n) is 14.3. The molecule has 3 aliphatic rings. The second-order valence-corrected chi connectivity index (χ2v) is 18.4. The molecule has 0 aliphatic carbocycles. The van der Waals surface area contributed by atoms with Crippen LogP contribution in [0, 0.1) is 11.8 Å². The molecule has 4 heterocycles. The monoisotopic (exact) mass is 574 g/mol. The predicted molar refractivity (Wildman–Crippen MR) is 153 cm³/mol. The fourth-order valence-corrected chi connectivity index (χ4v) is 6.93. The Labute approximate surface area is 239 Å². The number of rotatable bonds is 5. The number of hydrogen-bond donors (Lipinski definition) is 0. The molecule has 0 radical (unpaired) electrons. The molecule has 2 fully saturated rings. The van der Waals surface area contributed by atoms with Crippen molar-refractivity contribution >= 4 is 20.3 Å². The number of allylic oxidation sites excluding steroid dienone is 2. The molecule has 222 valence electrons. The summed E-state index contributed by atoms with van der Waals surface area (Å²) in [5, 5.41) is -0.0597. The highest BCUT2D eigenvalue weighted by Gasteiger charge is 2.58. The first kappa shape index (κ1) is 30.7. The van der Waals surface area contributed by atoms with Crippen LogP contribution >= 0.6 is 0 Å². The van der Waals surface area contributed by atoms with E-state index in [0.29, 0.717) is 29.9 Å². The van der Waals surface area contributed by atoms with Crippen LogP contribution in [0.3, 0.4) is 0 Å². The van der Waals surface area contributed by atoms with Crippen LogP contribution in [0.5, 0.6) is 0 Å². The molecule has 9 heteroatoms. The van der Waals surface area contributed by atoms with Crippen LogP contribution in [0.2, 0.25) is 18.1 Å². The van der Waals surface area contributed by atoms with Crippen LogP contribution in [-0.4, -0.2) is 50.5 Å². The minimum absolute atomic E-state index is 0.0597. The Hall–Kier alpha value is -2.20. The molecule has 0 saturated carbocycles. The van der Waals surface area contributed by atoms with Gasteiger partial charge >= 0.3 is 11.9 Å². The van der Waals surface area contributed by atoms with Gasteiger partial charge in [0.05, 0.1) is 12.7 Å². The van der Waals surface area contributed by atoms with Crippen LogP contribution in [0.15, 0.2) is 34.8 Å². The van der Waals surface area contributed by atoms with Crippen molar-refractivity contribution in [1.82, 2.24) is 0 Å². The Morgan fingerprint density at radius 2 is 1.88 bits per heavy atom. The average Bonchev–Trinajstić information content (AvgIpc) is 3.41. The Morgan fingerprint density at radius 1 is 1.20 bits per heavy atom. The molecule has 4 rings (SSSR count). The van der Waals surface area contributed by atoms with Gasteiger partial charge in [0.2, 0.25) is 0 Å². The van der Waals surface area contributed by atoms with Crippen molar-refractivity contribution in [2.75, 3.05) is 6.61 Å². The molecular weight excluding hydrogens is 528 g/mol. The standard InChI is InChI=1S/C31H46O8Si/c1-12-34-27(32)21-16-23-26-31(9,39-30(7,8)37-26)17-24-25(38-40(10,11)29(4,5)6)20(28(33)36-24)14-13-19(18(2)3)15-22(21)35-23/h13-14,16,19-20,24-26H,2,12,15,17H2,1,3-11H3/b14-13+/t19-,20-,24+,25-,26+,31-/m1/s1. The summed E-state index contributed by atoms with van der Waals surface area (Å²) in [6.07, 6.45) is 2.84. The summed E-state index contributed by atoms with van der Waals surface area (Å²) in [4.78, 5) is 26.4. The van der Waals surface area contributed by atoms with Gasteiger partial charge in [-0.3, -0.25) is 4.79 Å². The van der Waals surface area contributed by atoms with Gasteiger partial charge in [0.1, 0.15) is 40.8 Å². The zero-order valence-corrected chi connectivity index (χ0v) is 26.7. The fourth-order valence-electron chi connectivity index (χ4n) is 5.60. The third-order valence-electron chi connectivity index (χ3n) is 8.71. The maximum absolute atomic E-state index is 13.4. The lowest BCUT2D eigenvalue weighted by molar-refractivity contribution is -0.168. The van der Waals surface area contributed by atoms with Gasteiger partial charge in [-0.15, -0.1) is 0 Å². The lowest BCUT2D eigenvalue weighted by Crippen LogP contribution is -2.49. The Balaban J connectivity index is 1.87. The highest BCUT2D eigenvalue weighted by atomic mass is 28.4. The molecule has 0 spiro atoms. The molecule has 0 aromatic carbocycles. The van der Waals surface area contributed by atoms with E-state index >= 15 is 0 Å². The molecule has 8 nitrogen and oxygen atoms in total. The number of carbonyl (C=O) groups excluding carboxylic acids is 2. The highest BCUT2D eigenvalue weighted by molar-refractivity contribution is 6.74. The minimum Gasteiger partial charge on any atom is -0.462 e. The number of hydrogen-bond acceptors (Lipinski definition) is 8. The summed E-state index contributed by atoms with van der Waals surface area (Å²) in [7, 11) is -2.28. The first-order chi connectivity index (χ1) is 18.4. The smallest absolute Gasteiger partial charge is 0.341 e. The van der Waals surface area contributed by atoms with Crippen molar-refractivity contribution in [3.8, 4) is 0 Å². The van der Waals surface area contributed by atoms with Crippen LogP contribution < -0.4 is 0 Å². The lowest BCUT2D eigenvalue weighted by Gasteiger charge is -2.41. The largest absolute Gasteiger partial charge is 0.462 e. The van der Waals surface area contributed by atoms with E-state index in [1.54, 1.807) is 13.0 Å². The molecule has 40 heavy (non-hydrogen) atoms. The fraction of sp³-hybridized carbons (Fsp3) is 0.677. The van der Waals surface area contributed by atoms with Crippen molar-refractivity contribution in [2.45, 2.75) is 116 Å². The summed E-state index contributed by atoms with van der Waals surface area (Å²) in [6.45, 7) is 24.7. The highest BCUT2D eigenvalue weighted by Crippen LogP contribution is 2.51. The summed E-state index contributed by atoms with van der Waals surface area (Å²) >= 11 is 0. The predicted octanol–water partition coefficient (Wildman–Crippen LogP) is 6.67. The van der Waals surface area contributed by atoms with E-state index in [1.165, 1.54) is 0 Å². The third-order valence-corrected chi connectivity index (χ3v) is 13.2. The maximum Gasteiger partial charge on any atom is 0.341 e. The molecule has 4 bridgehead atoms. The number of esters is 2. The number of carbonyl (C=O) groups is 2. The summed E-state index contributed by atoms with van der Waals surface area (Å²) < 4.78 is 37.6. The van der Waals surface area contributed by atoms with E-state index in [9.17, 15) is 9.59 Å². The van der Waals surface area contributed by atoms with Gasteiger partial charge in [-0.05, 0) is 58.8 Å². The van der Waals surface area contributed by atoms with E-state index in [4.69, 9.17) is 27.8 Å². The summed E-state index contributed by atoms with van der Waals surface area (Å²) in [5.41, 5.74) is 0.291. The molecule has 0 N–H and O–H groups in total. The van der Waals surface area contributed by atoms with Crippen LogP contribution in [0.4, 0.5) is 0 Å². The van der Waals surface area contributed by atoms with Gasteiger partial charge in [-0.1, -0.05) is 45.1 Å². The molecule has 0 unspecified atom stereocenters. The van der Waals surface area contributed by atoms with Crippen molar-refractivity contribution in [2.24, 2.45) is 11.8 Å². The van der Waals surface area contributed by atoms with Crippen LogP contribution in [-0.2, 0) is 34.6 Å². The first-order valence-corrected chi connectivity index (χ1v) is 17.2. The second kappa shape index (κ2) is 10.6. The van der Waals surface area contributed by atoms with E-state index in [2.05, 4.69) is 40.4 Å². The maximum atomic E-state index is 13.4. The summed E-state index contributed by atoms with van der Waals surface area (Å²) in [6, 6.07) is 1.71. The number of ether oxygens (including phenoxy) is 4. The van der Waals surface area contributed by atoms with Gasteiger partial charge in [0.25, 0.3) is 0 Å². The lowest BCUT2D eigenvalue weighted by atomic mass is 9.86. The number of furan rings is 1.